The number of aromatic nitrogens is 3. The van der Waals surface area contributed by atoms with Gasteiger partial charge in [-0.3, -0.25) is 39.1 Å². The number of anilines is 1. The summed E-state index contributed by atoms with van der Waals surface area (Å²) in [5, 5.41) is 8.42. The van der Waals surface area contributed by atoms with Crippen molar-refractivity contribution in [2.75, 3.05) is 31.5 Å². The van der Waals surface area contributed by atoms with Crippen LogP contribution in [0.4, 0.5) is 5.69 Å². The van der Waals surface area contributed by atoms with Gasteiger partial charge >= 0.3 is 0 Å². The van der Waals surface area contributed by atoms with Crippen molar-refractivity contribution in [3.05, 3.63) is 120 Å². The maximum Gasteiger partial charge on any atom is 0.242 e. The fourth-order valence-electron chi connectivity index (χ4n) is 4.92. The molecule has 0 aliphatic heterocycles. The Kier molecular flexibility index (Phi) is 14.1. The number of benzene rings is 1. The lowest BCUT2D eigenvalue weighted by molar-refractivity contribution is -0.129. The molecule has 48 heavy (non-hydrogen) atoms. The quantitative estimate of drug-likeness (QED) is 0.127. The van der Waals surface area contributed by atoms with Crippen molar-refractivity contribution in [2.45, 2.75) is 52.0 Å². The van der Waals surface area contributed by atoms with Crippen LogP contribution in [0.3, 0.4) is 0 Å². The lowest BCUT2D eigenvalue weighted by Crippen LogP contribution is -2.49. The summed E-state index contributed by atoms with van der Waals surface area (Å²) in [5.74, 6) is -0.784. The Labute approximate surface area is 282 Å². The lowest BCUT2D eigenvalue weighted by atomic mass is 10.1. The third kappa shape index (κ3) is 12.6. The summed E-state index contributed by atoms with van der Waals surface area (Å²) in [5.41, 5.74) is 10.0. The maximum atomic E-state index is 13.3. The molecular formula is C36H45N9O3. The predicted octanol–water partition coefficient (Wildman–Crippen LogP) is 2.53. The number of rotatable bonds is 18. The zero-order chi connectivity index (χ0) is 34.1. The molecule has 0 radical (unpaired) electrons. The van der Waals surface area contributed by atoms with Gasteiger partial charge in [-0.15, -0.1) is 0 Å². The summed E-state index contributed by atoms with van der Waals surface area (Å²) in [7, 11) is 0. The molecule has 3 heterocycles. The van der Waals surface area contributed by atoms with Crippen molar-refractivity contribution in [1.82, 2.24) is 35.4 Å². The number of nitrogens with two attached hydrogens (primary N) is 1. The Morgan fingerprint density at radius 1 is 0.708 bits per heavy atom. The lowest BCUT2D eigenvalue weighted by Gasteiger charge is -2.27. The highest BCUT2D eigenvalue weighted by atomic mass is 16.2. The van der Waals surface area contributed by atoms with E-state index in [1.165, 1.54) is 0 Å². The van der Waals surface area contributed by atoms with Crippen LogP contribution in [0.25, 0.3) is 0 Å². The molecule has 12 nitrogen and oxygen atoms in total. The molecule has 4 rings (SSSR count). The van der Waals surface area contributed by atoms with E-state index in [2.05, 4.69) is 40.7 Å². The maximum absolute atomic E-state index is 13.3. The first kappa shape index (κ1) is 35.8. The summed E-state index contributed by atoms with van der Waals surface area (Å²) in [6.07, 6.45) is 5.95. The van der Waals surface area contributed by atoms with Crippen LogP contribution in [0.5, 0.6) is 0 Å². The Morgan fingerprint density at radius 3 is 1.73 bits per heavy atom. The molecule has 5 N–H and O–H groups in total. The number of nitrogens with zero attached hydrogens (tertiary/aromatic N) is 5. The van der Waals surface area contributed by atoms with E-state index in [1.54, 1.807) is 32.4 Å². The van der Waals surface area contributed by atoms with E-state index in [1.807, 2.05) is 78.9 Å². The minimum absolute atomic E-state index is 0.130. The van der Waals surface area contributed by atoms with Gasteiger partial charge in [0.15, 0.2) is 0 Å². The van der Waals surface area contributed by atoms with Crippen LogP contribution in [0.1, 0.15) is 36.5 Å². The van der Waals surface area contributed by atoms with Crippen LogP contribution in [-0.2, 0) is 40.4 Å². The molecule has 0 aliphatic rings. The van der Waals surface area contributed by atoms with E-state index in [9.17, 15) is 14.4 Å². The van der Waals surface area contributed by atoms with Crippen molar-refractivity contribution in [1.29, 1.82) is 0 Å². The van der Waals surface area contributed by atoms with Gasteiger partial charge in [-0.2, -0.15) is 0 Å². The van der Waals surface area contributed by atoms with E-state index in [4.69, 9.17) is 5.73 Å². The molecule has 1 aromatic carbocycles. The van der Waals surface area contributed by atoms with Crippen LogP contribution >= 0.6 is 0 Å². The predicted molar refractivity (Wildman–Crippen MR) is 185 cm³/mol. The Hall–Kier alpha value is -5.04. The normalized spacial score (nSPS) is 12.4. The molecule has 0 saturated carbocycles. The van der Waals surface area contributed by atoms with E-state index >= 15 is 0 Å². The molecule has 3 aromatic heterocycles. The second kappa shape index (κ2) is 18.9. The van der Waals surface area contributed by atoms with E-state index in [0.29, 0.717) is 51.4 Å². The molecule has 0 saturated heterocycles. The number of pyridine rings is 3. The number of carbonyl (C=O) groups is 3. The van der Waals surface area contributed by atoms with Gasteiger partial charge in [-0.1, -0.05) is 30.3 Å². The molecule has 12 heteroatoms. The second-order valence-corrected chi connectivity index (χ2v) is 11.7. The largest absolute Gasteiger partial charge is 0.354 e. The minimum Gasteiger partial charge on any atom is -0.354 e. The molecule has 0 bridgehead atoms. The van der Waals surface area contributed by atoms with Crippen LogP contribution in [0, 0.1) is 0 Å². The van der Waals surface area contributed by atoms with Crippen molar-refractivity contribution >= 4 is 23.4 Å². The third-order valence-electron chi connectivity index (χ3n) is 7.55. The Morgan fingerprint density at radius 2 is 1.23 bits per heavy atom. The summed E-state index contributed by atoms with van der Waals surface area (Å²) in [6.45, 7) is 6.91. The van der Waals surface area contributed by atoms with E-state index in [0.717, 1.165) is 22.6 Å². The molecule has 2 atom stereocenters. The average molecular weight is 652 g/mol. The van der Waals surface area contributed by atoms with Gasteiger partial charge < -0.3 is 21.7 Å². The Bertz CT molecular complexity index is 1510. The van der Waals surface area contributed by atoms with Gasteiger partial charge in [0.05, 0.1) is 29.7 Å². The van der Waals surface area contributed by atoms with Gasteiger partial charge in [-0.05, 0) is 74.4 Å². The molecule has 3 amide bonds. The van der Waals surface area contributed by atoms with Crippen LogP contribution in [0.15, 0.2) is 97.5 Å². The molecule has 4 aromatic rings. The van der Waals surface area contributed by atoms with Gasteiger partial charge in [-0.25, -0.2) is 0 Å². The van der Waals surface area contributed by atoms with E-state index < -0.39 is 12.1 Å². The van der Waals surface area contributed by atoms with Crippen molar-refractivity contribution in [2.24, 2.45) is 5.73 Å². The summed E-state index contributed by atoms with van der Waals surface area (Å²) in [6, 6.07) is 23.8. The van der Waals surface area contributed by atoms with Crippen LogP contribution in [0.2, 0.25) is 0 Å². The Balaban J connectivity index is 1.32. The number of hydrogen-bond donors (Lipinski definition) is 4. The minimum atomic E-state index is -0.682. The molecule has 0 unspecified atom stereocenters. The second-order valence-electron chi connectivity index (χ2n) is 11.7. The van der Waals surface area contributed by atoms with Gasteiger partial charge in [0.2, 0.25) is 17.7 Å². The molecule has 252 valence electrons. The van der Waals surface area contributed by atoms with Crippen LogP contribution < -0.4 is 21.7 Å². The number of hydrogen-bond acceptors (Lipinski definition) is 9. The van der Waals surface area contributed by atoms with Crippen molar-refractivity contribution < 1.29 is 14.4 Å². The smallest absolute Gasteiger partial charge is 0.242 e. The van der Waals surface area contributed by atoms with E-state index in [-0.39, 0.29) is 24.3 Å². The first-order chi connectivity index (χ1) is 23.2. The molecular weight excluding hydrogens is 606 g/mol. The SMILES string of the molecule is C[C@H](N)C(=O)N[C@@H](C)C(=O)NCCc1ccc(NC(=O)CN(CCN(Cc2ccccn2)Cc2ccccn2)Cc2ccccn2)cc1. The van der Waals surface area contributed by atoms with Gasteiger partial charge in [0.25, 0.3) is 0 Å². The summed E-state index contributed by atoms with van der Waals surface area (Å²) in [4.78, 5) is 55.2. The van der Waals surface area contributed by atoms with Gasteiger partial charge in [0.1, 0.15) is 6.04 Å². The summed E-state index contributed by atoms with van der Waals surface area (Å²) >= 11 is 0. The van der Waals surface area contributed by atoms with Crippen molar-refractivity contribution in [3.63, 3.8) is 0 Å². The van der Waals surface area contributed by atoms with Gasteiger partial charge in [0, 0.05) is 63.5 Å². The zero-order valence-electron chi connectivity index (χ0n) is 27.6. The first-order valence-corrected chi connectivity index (χ1v) is 16.1. The highest BCUT2D eigenvalue weighted by molar-refractivity contribution is 5.92. The van der Waals surface area contributed by atoms with Crippen LogP contribution in [-0.4, -0.2) is 80.7 Å². The zero-order valence-corrected chi connectivity index (χ0v) is 27.6. The highest BCUT2D eigenvalue weighted by Crippen LogP contribution is 2.12. The third-order valence-corrected chi connectivity index (χ3v) is 7.55. The fraction of sp³-hybridized carbons (Fsp3) is 0.333. The number of nitrogens with one attached hydrogen (secondary N) is 3. The topological polar surface area (TPSA) is 158 Å². The average Bonchev–Trinajstić information content (AvgIpc) is 3.09. The first-order valence-electron chi connectivity index (χ1n) is 16.1. The standard InChI is InChI=1S/C36H45N9O3/c1-27(37)35(47)42-28(2)36(48)41-20-16-29-12-14-30(15-13-29)43-34(46)26-45(25-33-11-5-8-19-40-33)22-21-44(23-31-9-3-6-17-38-31)24-32-10-4-7-18-39-32/h3-15,17-19,27-28H,16,20-26,37H2,1-2H3,(H,41,48)(H,42,47)(H,43,46)/t27-,28-/m0/s1. The molecule has 0 aliphatic carbocycles. The fourth-order valence-corrected chi connectivity index (χ4v) is 4.92. The molecule has 0 spiro atoms. The summed E-state index contributed by atoms with van der Waals surface area (Å²) < 4.78 is 0. The highest BCUT2D eigenvalue weighted by Gasteiger charge is 2.18. The number of amides is 3. The molecule has 0 fully saturated rings. The van der Waals surface area contributed by atoms with Crippen molar-refractivity contribution in [3.8, 4) is 0 Å². The number of carbonyl (C=O) groups excluding carboxylic acids is 3. The monoisotopic (exact) mass is 651 g/mol.